The summed E-state index contributed by atoms with van der Waals surface area (Å²) in [6.45, 7) is 4.37. The van der Waals surface area contributed by atoms with Gasteiger partial charge in [0.1, 0.15) is 12.4 Å². The Balaban J connectivity index is 1.86. The molecule has 0 atom stereocenters. The van der Waals surface area contributed by atoms with Crippen LogP contribution in [0.4, 0.5) is 0 Å². The molecule has 24 heavy (non-hydrogen) atoms. The summed E-state index contributed by atoms with van der Waals surface area (Å²) < 4.78 is 32.3. The molecule has 1 N–H and O–H groups in total. The number of sulfonamides is 1. The minimum Gasteiger partial charge on any atom is -0.492 e. The van der Waals surface area contributed by atoms with Crippen molar-refractivity contribution in [3.8, 4) is 5.75 Å². The fraction of sp³-hybridized carbons (Fsp3) is 0.294. The van der Waals surface area contributed by atoms with Crippen LogP contribution in [0.1, 0.15) is 16.7 Å². The lowest BCUT2D eigenvalue weighted by atomic mass is 10.1. The smallest absolute Gasteiger partial charge is 0.215 e. The Morgan fingerprint density at radius 1 is 1.04 bits per heavy atom. The number of nitrogens with one attached hydrogen (secondary N) is 1. The third-order valence-corrected chi connectivity index (χ3v) is 5.46. The first-order valence-electron chi connectivity index (χ1n) is 7.38. The maximum atomic E-state index is 12.1. The third kappa shape index (κ3) is 5.67. The van der Waals surface area contributed by atoms with Crippen LogP contribution in [-0.4, -0.2) is 21.6 Å². The van der Waals surface area contributed by atoms with E-state index in [0.29, 0.717) is 15.6 Å². The Bertz CT molecular complexity index is 823. The van der Waals surface area contributed by atoms with Gasteiger partial charge in [0.15, 0.2) is 0 Å². The van der Waals surface area contributed by atoms with Gasteiger partial charge in [-0.2, -0.15) is 0 Å². The molecule has 0 saturated heterocycles. The van der Waals surface area contributed by atoms with Gasteiger partial charge in [0, 0.05) is 6.54 Å². The van der Waals surface area contributed by atoms with Gasteiger partial charge in [-0.15, -0.1) is 0 Å². The van der Waals surface area contributed by atoms with E-state index in [2.05, 4.69) is 4.72 Å². The zero-order valence-corrected chi connectivity index (χ0v) is 15.8. The Labute approximate surface area is 152 Å². The van der Waals surface area contributed by atoms with Gasteiger partial charge in [-0.25, -0.2) is 13.1 Å². The van der Waals surface area contributed by atoms with Crippen molar-refractivity contribution in [2.24, 2.45) is 0 Å². The molecule has 2 aromatic carbocycles. The van der Waals surface area contributed by atoms with Gasteiger partial charge in [0.05, 0.1) is 15.8 Å². The molecule has 0 amide bonds. The average Bonchev–Trinajstić information content (AvgIpc) is 2.50. The molecular formula is C17H19Cl2NO3S. The molecule has 0 bridgehead atoms. The first-order valence-corrected chi connectivity index (χ1v) is 9.79. The molecule has 0 heterocycles. The monoisotopic (exact) mass is 387 g/mol. The lowest BCUT2D eigenvalue weighted by Gasteiger charge is -2.11. The van der Waals surface area contributed by atoms with Crippen LogP contribution in [0.2, 0.25) is 10.0 Å². The summed E-state index contributed by atoms with van der Waals surface area (Å²) in [6.07, 6.45) is 0. The zero-order chi connectivity index (χ0) is 17.7. The highest BCUT2D eigenvalue weighted by atomic mass is 35.5. The fourth-order valence-electron chi connectivity index (χ4n) is 2.12. The summed E-state index contributed by atoms with van der Waals surface area (Å²) in [6, 6.07) is 10.7. The van der Waals surface area contributed by atoms with Crippen LogP contribution in [0.5, 0.6) is 5.75 Å². The van der Waals surface area contributed by atoms with E-state index in [1.165, 1.54) is 0 Å². The van der Waals surface area contributed by atoms with Gasteiger partial charge in [0.2, 0.25) is 10.0 Å². The largest absolute Gasteiger partial charge is 0.492 e. The maximum Gasteiger partial charge on any atom is 0.215 e. The van der Waals surface area contributed by atoms with Crippen LogP contribution in [0, 0.1) is 13.8 Å². The number of halogens is 2. The van der Waals surface area contributed by atoms with E-state index in [4.69, 9.17) is 27.9 Å². The van der Waals surface area contributed by atoms with Gasteiger partial charge in [-0.1, -0.05) is 41.4 Å². The van der Waals surface area contributed by atoms with Crippen LogP contribution in [-0.2, 0) is 15.8 Å². The zero-order valence-electron chi connectivity index (χ0n) is 13.5. The van der Waals surface area contributed by atoms with Gasteiger partial charge in [-0.3, -0.25) is 0 Å². The van der Waals surface area contributed by atoms with Crippen molar-refractivity contribution < 1.29 is 13.2 Å². The van der Waals surface area contributed by atoms with E-state index < -0.39 is 10.0 Å². The highest BCUT2D eigenvalue weighted by Gasteiger charge is 2.12. The van der Waals surface area contributed by atoms with Crippen molar-refractivity contribution in [3.63, 3.8) is 0 Å². The minimum absolute atomic E-state index is 0.159. The Hall–Kier alpha value is -1.27. The molecule has 0 spiro atoms. The number of rotatable bonds is 7. The molecule has 0 fully saturated rings. The fourth-order valence-corrected chi connectivity index (χ4v) is 3.56. The number of benzene rings is 2. The molecule has 0 aliphatic carbocycles. The molecule has 0 aliphatic rings. The average molecular weight is 388 g/mol. The quantitative estimate of drug-likeness (QED) is 0.727. The van der Waals surface area contributed by atoms with E-state index in [1.54, 1.807) is 18.2 Å². The second-order valence-corrected chi connectivity index (χ2v) is 8.14. The molecule has 0 aromatic heterocycles. The summed E-state index contributed by atoms with van der Waals surface area (Å²) in [5.41, 5.74) is 2.68. The number of hydrogen-bond donors (Lipinski definition) is 1. The Morgan fingerprint density at radius 2 is 1.79 bits per heavy atom. The van der Waals surface area contributed by atoms with Gasteiger partial charge < -0.3 is 4.74 Å². The Kier molecular flexibility index (Phi) is 6.52. The van der Waals surface area contributed by atoms with Crippen molar-refractivity contribution in [1.82, 2.24) is 4.72 Å². The second kappa shape index (κ2) is 8.21. The summed E-state index contributed by atoms with van der Waals surface area (Å²) in [5, 5.41) is 0.732. The molecule has 2 aromatic rings. The summed E-state index contributed by atoms with van der Waals surface area (Å²) in [4.78, 5) is 0. The predicted molar refractivity (Wildman–Crippen MR) is 98.5 cm³/mol. The highest BCUT2D eigenvalue weighted by Crippen LogP contribution is 2.23. The van der Waals surface area contributed by atoms with E-state index in [9.17, 15) is 8.42 Å². The topological polar surface area (TPSA) is 55.4 Å². The predicted octanol–water partition coefficient (Wildman–Crippen LogP) is 4.11. The van der Waals surface area contributed by atoms with Crippen molar-refractivity contribution in [2.45, 2.75) is 19.6 Å². The normalized spacial score (nSPS) is 11.5. The van der Waals surface area contributed by atoms with Gasteiger partial charge in [0.25, 0.3) is 0 Å². The summed E-state index contributed by atoms with van der Waals surface area (Å²) in [7, 11) is -3.47. The van der Waals surface area contributed by atoms with Crippen molar-refractivity contribution in [3.05, 3.63) is 63.1 Å². The first-order chi connectivity index (χ1) is 11.3. The minimum atomic E-state index is -3.47. The van der Waals surface area contributed by atoms with E-state index in [-0.39, 0.29) is 18.9 Å². The van der Waals surface area contributed by atoms with E-state index in [1.807, 2.05) is 32.0 Å². The molecular weight excluding hydrogens is 369 g/mol. The molecule has 0 unspecified atom stereocenters. The van der Waals surface area contributed by atoms with Crippen LogP contribution in [0.25, 0.3) is 0 Å². The molecule has 0 radical (unpaired) electrons. The number of aryl methyl sites for hydroxylation is 2. The number of ether oxygens (including phenoxy) is 1. The molecule has 2 rings (SSSR count). The number of hydrogen-bond acceptors (Lipinski definition) is 3. The van der Waals surface area contributed by atoms with E-state index >= 15 is 0 Å². The van der Waals surface area contributed by atoms with E-state index in [0.717, 1.165) is 16.9 Å². The van der Waals surface area contributed by atoms with Crippen LogP contribution >= 0.6 is 23.2 Å². The van der Waals surface area contributed by atoms with Crippen molar-refractivity contribution in [2.75, 3.05) is 13.2 Å². The van der Waals surface area contributed by atoms with Crippen molar-refractivity contribution in [1.29, 1.82) is 0 Å². The molecule has 7 heteroatoms. The van der Waals surface area contributed by atoms with Gasteiger partial charge >= 0.3 is 0 Å². The van der Waals surface area contributed by atoms with Crippen molar-refractivity contribution >= 4 is 33.2 Å². The van der Waals surface area contributed by atoms with Crippen LogP contribution in [0.15, 0.2) is 36.4 Å². The SMILES string of the molecule is Cc1ccc(C)c(OCCNS(=O)(=O)Cc2ccc(Cl)c(Cl)c2)c1. The molecule has 0 aliphatic heterocycles. The molecule has 130 valence electrons. The summed E-state index contributed by atoms with van der Waals surface area (Å²) >= 11 is 11.7. The van der Waals surface area contributed by atoms with Gasteiger partial charge in [-0.05, 0) is 48.7 Å². The Morgan fingerprint density at radius 3 is 2.50 bits per heavy atom. The molecule has 0 saturated carbocycles. The lowest BCUT2D eigenvalue weighted by molar-refractivity contribution is 0.320. The van der Waals surface area contributed by atoms with Crippen LogP contribution in [0.3, 0.4) is 0 Å². The summed E-state index contributed by atoms with van der Waals surface area (Å²) in [5.74, 6) is 0.603. The third-order valence-electron chi connectivity index (χ3n) is 3.37. The maximum absolute atomic E-state index is 12.1. The first kappa shape index (κ1) is 19.1. The highest BCUT2D eigenvalue weighted by molar-refractivity contribution is 7.88. The molecule has 4 nitrogen and oxygen atoms in total. The second-order valence-electron chi connectivity index (χ2n) is 5.52. The van der Waals surface area contributed by atoms with Crippen LogP contribution < -0.4 is 9.46 Å². The standard InChI is InChI=1S/C17H19Cl2NO3S/c1-12-3-4-13(2)17(9-12)23-8-7-20-24(21,22)11-14-5-6-15(18)16(19)10-14/h3-6,9-10,20H,7-8,11H2,1-2H3. The lowest BCUT2D eigenvalue weighted by Crippen LogP contribution is -2.29.